The Labute approximate surface area is 367 Å². The number of H-pyrrole nitrogens is 1. The van der Waals surface area contributed by atoms with Gasteiger partial charge in [0, 0.05) is 91.7 Å². The highest BCUT2D eigenvalue weighted by Crippen LogP contribution is 2.33. The van der Waals surface area contributed by atoms with Gasteiger partial charge in [0.05, 0.1) is 17.7 Å². The molecule has 0 saturated carbocycles. The average molecular weight is 850 g/mol. The molecule has 15 heteroatoms. The molecule has 3 aliphatic heterocycles. The Balaban J connectivity index is 0.768. The molecule has 9 rings (SSSR count). The van der Waals surface area contributed by atoms with Crippen LogP contribution in [0.1, 0.15) is 98.5 Å². The molecule has 4 aromatic heterocycles. The van der Waals surface area contributed by atoms with Crippen LogP contribution in [0.4, 0.5) is 11.5 Å². The van der Waals surface area contributed by atoms with Gasteiger partial charge >= 0.3 is 0 Å². The van der Waals surface area contributed by atoms with Gasteiger partial charge in [0.2, 0.25) is 17.7 Å². The van der Waals surface area contributed by atoms with Crippen LogP contribution in [0.15, 0.2) is 77.7 Å². The van der Waals surface area contributed by atoms with E-state index in [4.69, 9.17) is 9.51 Å². The molecule has 3 N–H and O–H groups in total. The van der Waals surface area contributed by atoms with Crippen LogP contribution in [0, 0.1) is 12.8 Å². The summed E-state index contributed by atoms with van der Waals surface area (Å²) in [4.78, 5) is 66.2. The summed E-state index contributed by atoms with van der Waals surface area (Å²) in [7, 11) is 0. The van der Waals surface area contributed by atoms with Gasteiger partial charge in [-0.2, -0.15) is 4.98 Å². The standard InChI is InChI=1S/C48H55N11O4/c1-29-24-33(8-12-36(29)30(2)52-46(62)44-55-47(63-56-44)48(3,4)5)42-38-25-39(53-43(38)51-28-50-42)34-9-14-40(49-26-34)59-22-20-57(21-23-59)27-31-16-18-58(19-17-31)35-10-6-32(7-11-35)37-13-15-41(60)54-45(37)61/h6-12,14,24-26,28,30-31,37H,13,15-23,27H2,1-5H3,(H,52,62)(H,50,51,53)(H,54,60,61). The van der Waals surface area contributed by atoms with Gasteiger partial charge < -0.3 is 24.6 Å². The van der Waals surface area contributed by atoms with E-state index in [2.05, 4.69) is 99.0 Å². The van der Waals surface area contributed by atoms with Gasteiger partial charge in [-0.1, -0.05) is 50.2 Å². The van der Waals surface area contributed by atoms with Gasteiger partial charge in [-0.15, -0.1) is 0 Å². The topological polar surface area (TPSA) is 178 Å². The van der Waals surface area contributed by atoms with Gasteiger partial charge in [0.15, 0.2) is 0 Å². The number of imide groups is 1. The second-order valence-electron chi connectivity index (χ2n) is 18.3. The number of nitrogens with zero attached hydrogens (tertiary/aromatic N) is 8. The number of piperidine rings is 2. The zero-order valence-corrected chi connectivity index (χ0v) is 36.6. The number of hydrogen-bond acceptors (Lipinski definition) is 12. The highest BCUT2D eigenvalue weighted by atomic mass is 16.5. The number of aromatic amines is 1. The lowest BCUT2D eigenvalue weighted by molar-refractivity contribution is -0.134. The molecule has 0 spiro atoms. The van der Waals surface area contributed by atoms with Crippen molar-refractivity contribution >= 4 is 40.3 Å². The van der Waals surface area contributed by atoms with Crippen LogP contribution in [0.3, 0.4) is 0 Å². The molecule has 7 heterocycles. The quantitative estimate of drug-likeness (QED) is 0.124. The first-order valence-electron chi connectivity index (χ1n) is 22.1. The number of piperazine rings is 1. The number of amides is 3. The average Bonchev–Trinajstić information content (AvgIpc) is 3.97. The molecular weight excluding hydrogens is 795 g/mol. The minimum absolute atomic E-state index is 0.0203. The summed E-state index contributed by atoms with van der Waals surface area (Å²) in [5.74, 6) is 1.10. The van der Waals surface area contributed by atoms with Crippen molar-refractivity contribution in [1.82, 2.24) is 45.6 Å². The third kappa shape index (κ3) is 9.06. The predicted octanol–water partition coefficient (Wildman–Crippen LogP) is 6.73. The Hall–Kier alpha value is -6.48. The Morgan fingerprint density at radius 1 is 0.889 bits per heavy atom. The Bertz CT molecular complexity index is 2620. The first-order valence-corrected chi connectivity index (χ1v) is 22.1. The van der Waals surface area contributed by atoms with E-state index in [0.717, 1.165) is 115 Å². The molecule has 3 aliphatic rings. The number of anilines is 2. The molecule has 3 fully saturated rings. The smallest absolute Gasteiger partial charge is 0.293 e. The summed E-state index contributed by atoms with van der Waals surface area (Å²) in [5.41, 5.74) is 8.25. The fourth-order valence-corrected chi connectivity index (χ4v) is 9.15. The van der Waals surface area contributed by atoms with Crippen LogP contribution in [0.5, 0.6) is 0 Å². The summed E-state index contributed by atoms with van der Waals surface area (Å²) < 4.78 is 5.32. The number of pyridine rings is 1. The molecule has 326 valence electrons. The third-order valence-electron chi connectivity index (χ3n) is 12.8. The van der Waals surface area contributed by atoms with E-state index in [1.54, 1.807) is 6.33 Å². The first-order chi connectivity index (χ1) is 30.4. The summed E-state index contributed by atoms with van der Waals surface area (Å²) in [6, 6.07) is 20.5. The molecule has 15 nitrogen and oxygen atoms in total. The van der Waals surface area contributed by atoms with Gasteiger partial charge in [0.25, 0.3) is 11.7 Å². The fourth-order valence-electron chi connectivity index (χ4n) is 9.15. The number of aryl methyl sites for hydroxylation is 1. The van der Waals surface area contributed by atoms with Crippen LogP contribution < -0.4 is 20.4 Å². The lowest BCUT2D eigenvalue weighted by atomic mass is 9.90. The maximum atomic E-state index is 13.0. The van der Waals surface area contributed by atoms with Crippen molar-refractivity contribution in [2.75, 3.05) is 55.6 Å². The van der Waals surface area contributed by atoms with E-state index in [1.807, 2.05) is 52.9 Å². The maximum absolute atomic E-state index is 13.0. The lowest BCUT2D eigenvalue weighted by Gasteiger charge is -2.39. The number of nitrogens with one attached hydrogen (secondary N) is 3. The van der Waals surface area contributed by atoms with Crippen LogP contribution in [-0.4, -0.2) is 98.5 Å². The molecule has 63 heavy (non-hydrogen) atoms. The highest BCUT2D eigenvalue weighted by molar-refractivity contribution is 6.01. The zero-order valence-electron chi connectivity index (χ0n) is 36.6. The SMILES string of the molecule is Cc1cc(-c2ncnc3[nH]c(-c4ccc(N5CCN(CC6CCN(c7ccc(C8CCC(=O)NC8=O)cc7)CC6)CC5)nc4)cc23)ccc1C(C)NC(=O)c1noc(C(C)(C)C)n1. The van der Waals surface area contributed by atoms with Crippen molar-refractivity contribution in [3.63, 3.8) is 0 Å². The van der Waals surface area contributed by atoms with Crippen molar-refractivity contribution in [1.29, 1.82) is 0 Å². The second kappa shape index (κ2) is 17.4. The van der Waals surface area contributed by atoms with E-state index in [-0.39, 0.29) is 40.9 Å². The normalized spacial score (nSPS) is 18.5. The molecule has 0 aliphatic carbocycles. The zero-order chi connectivity index (χ0) is 43.8. The first kappa shape index (κ1) is 41.9. The Morgan fingerprint density at radius 3 is 2.33 bits per heavy atom. The summed E-state index contributed by atoms with van der Waals surface area (Å²) in [6.45, 7) is 16.9. The van der Waals surface area contributed by atoms with E-state index < -0.39 is 0 Å². The Morgan fingerprint density at radius 2 is 1.65 bits per heavy atom. The minimum atomic E-state index is -0.386. The molecule has 6 aromatic rings. The molecule has 2 aromatic carbocycles. The molecule has 3 saturated heterocycles. The number of hydrogen-bond donors (Lipinski definition) is 3. The number of aromatic nitrogens is 6. The van der Waals surface area contributed by atoms with Crippen molar-refractivity contribution in [3.05, 3.63) is 102 Å². The maximum Gasteiger partial charge on any atom is 0.293 e. The summed E-state index contributed by atoms with van der Waals surface area (Å²) in [6.07, 6.45) is 6.81. The van der Waals surface area contributed by atoms with E-state index in [1.165, 1.54) is 5.69 Å². The number of fused-ring (bicyclic) bond motifs is 1. The largest absolute Gasteiger partial charge is 0.372 e. The van der Waals surface area contributed by atoms with Gasteiger partial charge in [-0.3, -0.25) is 24.6 Å². The second-order valence-corrected chi connectivity index (χ2v) is 18.3. The van der Waals surface area contributed by atoms with Crippen molar-refractivity contribution in [3.8, 4) is 22.5 Å². The molecule has 2 unspecified atom stereocenters. The molecule has 0 bridgehead atoms. The highest BCUT2D eigenvalue weighted by Gasteiger charge is 2.29. The van der Waals surface area contributed by atoms with Gasteiger partial charge in [-0.25, -0.2) is 15.0 Å². The van der Waals surface area contributed by atoms with Crippen LogP contribution in [0.25, 0.3) is 33.5 Å². The monoisotopic (exact) mass is 849 g/mol. The van der Waals surface area contributed by atoms with E-state index >= 15 is 0 Å². The molecule has 0 radical (unpaired) electrons. The number of carbonyl (C=O) groups excluding carboxylic acids is 3. The van der Waals surface area contributed by atoms with Crippen LogP contribution in [0.2, 0.25) is 0 Å². The van der Waals surface area contributed by atoms with Crippen molar-refractivity contribution in [2.24, 2.45) is 5.92 Å². The summed E-state index contributed by atoms with van der Waals surface area (Å²) >= 11 is 0. The number of rotatable bonds is 10. The molecular formula is C48H55N11O4. The summed E-state index contributed by atoms with van der Waals surface area (Å²) in [5, 5.41) is 10.3. The third-order valence-corrected chi connectivity index (χ3v) is 12.8. The lowest BCUT2D eigenvalue weighted by Crippen LogP contribution is -2.49. The van der Waals surface area contributed by atoms with Gasteiger partial charge in [-0.05, 0) is 92.1 Å². The number of benzene rings is 2. The minimum Gasteiger partial charge on any atom is -0.372 e. The van der Waals surface area contributed by atoms with E-state index in [0.29, 0.717) is 24.7 Å². The van der Waals surface area contributed by atoms with Crippen molar-refractivity contribution in [2.45, 2.75) is 77.7 Å². The van der Waals surface area contributed by atoms with Crippen molar-refractivity contribution < 1.29 is 18.9 Å². The molecule has 2 atom stereocenters. The Kier molecular flexibility index (Phi) is 11.5. The fraction of sp³-hybridized carbons (Fsp3) is 0.417. The molecule has 3 amide bonds. The predicted molar refractivity (Wildman–Crippen MR) is 241 cm³/mol. The van der Waals surface area contributed by atoms with Gasteiger partial charge in [0.1, 0.15) is 17.8 Å². The van der Waals surface area contributed by atoms with Crippen LogP contribution >= 0.6 is 0 Å². The van der Waals surface area contributed by atoms with Crippen LogP contribution in [-0.2, 0) is 15.0 Å². The number of carbonyl (C=O) groups is 3. The van der Waals surface area contributed by atoms with E-state index in [9.17, 15) is 14.4 Å².